The Hall–Kier alpha value is -3.24. The zero-order chi connectivity index (χ0) is 20.0. The van der Waals surface area contributed by atoms with Crippen LogP contribution in [0.25, 0.3) is 6.08 Å². The van der Waals surface area contributed by atoms with Crippen molar-refractivity contribution in [2.75, 3.05) is 7.11 Å². The summed E-state index contributed by atoms with van der Waals surface area (Å²) in [5.41, 5.74) is 3.90. The van der Waals surface area contributed by atoms with E-state index < -0.39 is 0 Å². The van der Waals surface area contributed by atoms with E-state index in [0.29, 0.717) is 12.4 Å². The van der Waals surface area contributed by atoms with Gasteiger partial charge in [0.15, 0.2) is 0 Å². The maximum Gasteiger partial charge on any atom is 0.130 e. The first-order chi connectivity index (χ1) is 12.8. The monoisotopic (exact) mass is 360 g/mol. The summed E-state index contributed by atoms with van der Waals surface area (Å²) in [6, 6.07) is 15.5. The second kappa shape index (κ2) is 8.43. The predicted molar refractivity (Wildman–Crippen MR) is 106 cm³/mol. The Labute approximate surface area is 161 Å². The van der Waals surface area contributed by atoms with Gasteiger partial charge in [0.2, 0.25) is 0 Å². The van der Waals surface area contributed by atoms with Gasteiger partial charge < -0.3 is 9.47 Å². The van der Waals surface area contributed by atoms with Gasteiger partial charge in [0, 0.05) is 5.56 Å². The quantitative estimate of drug-likeness (QED) is 0.678. The van der Waals surface area contributed by atoms with Crippen LogP contribution in [-0.4, -0.2) is 7.11 Å². The molecular weight excluding hydrogens is 336 g/mol. The number of nitriles is 2. The summed E-state index contributed by atoms with van der Waals surface area (Å²) in [6.45, 7) is 8.83. The topological polar surface area (TPSA) is 66.0 Å². The van der Waals surface area contributed by atoms with Crippen molar-refractivity contribution in [3.63, 3.8) is 0 Å². The predicted octanol–water partition coefficient (Wildman–Crippen LogP) is 5.31. The fourth-order valence-corrected chi connectivity index (χ4v) is 2.78. The molecule has 0 bridgehead atoms. The third-order valence-corrected chi connectivity index (χ3v) is 4.18. The van der Waals surface area contributed by atoms with Crippen LogP contribution in [0.15, 0.2) is 42.0 Å². The highest BCUT2D eigenvalue weighted by Gasteiger charge is 2.19. The maximum atomic E-state index is 8.95. The maximum absolute atomic E-state index is 8.95. The second-order valence-corrected chi connectivity index (χ2v) is 7.39. The van der Waals surface area contributed by atoms with Crippen LogP contribution in [0.1, 0.15) is 43.0 Å². The average molecular weight is 360 g/mol. The normalized spacial score (nSPS) is 10.5. The molecule has 0 unspecified atom stereocenters. The number of rotatable bonds is 5. The summed E-state index contributed by atoms with van der Waals surface area (Å²) < 4.78 is 11.6. The van der Waals surface area contributed by atoms with Crippen molar-refractivity contribution in [2.45, 2.75) is 39.7 Å². The number of aryl methyl sites for hydroxylation is 1. The lowest BCUT2D eigenvalue weighted by molar-refractivity contribution is 0.289. The molecule has 0 aliphatic heterocycles. The van der Waals surface area contributed by atoms with Crippen molar-refractivity contribution in [2.24, 2.45) is 0 Å². The first-order valence-electron chi connectivity index (χ1n) is 8.71. The third kappa shape index (κ3) is 5.12. The van der Waals surface area contributed by atoms with E-state index in [1.165, 1.54) is 0 Å². The van der Waals surface area contributed by atoms with Crippen molar-refractivity contribution in [1.29, 1.82) is 10.5 Å². The number of hydrogen-bond donors (Lipinski definition) is 0. The summed E-state index contributed by atoms with van der Waals surface area (Å²) in [4.78, 5) is 0. The number of hydrogen-bond acceptors (Lipinski definition) is 4. The van der Waals surface area contributed by atoms with Crippen molar-refractivity contribution >= 4 is 6.08 Å². The molecule has 0 heterocycles. The van der Waals surface area contributed by atoms with E-state index in [4.69, 9.17) is 20.0 Å². The van der Waals surface area contributed by atoms with Crippen molar-refractivity contribution in [3.8, 4) is 23.6 Å². The average Bonchev–Trinajstić information content (AvgIpc) is 2.63. The minimum absolute atomic E-state index is 0.0355. The van der Waals surface area contributed by atoms with Gasteiger partial charge >= 0.3 is 0 Å². The summed E-state index contributed by atoms with van der Waals surface area (Å²) in [6.07, 6.45) is 1.55. The summed E-state index contributed by atoms with van der Waals surface area (Å²) >= 11 is 0. The fraction of sp³-hybridized carbons (Fsp3) is 0.304. The Balaban J connectivity index is 2.36. The molecule has 138 valence electrons. The lowest BCUT2D eigenvalue weighted by Gasteiger charge is -2.23. The molecular formula is C23H24N2O2. The number of nitrogens with zero attached hydrogens (tertiary/aromatic N) is 2. The van der Waals surface area contributed by atoms with Gasteiger partial charge in [-0.3, -0.25) is 0 Å². The molecule has 0 aromatic heterocycles. The molecule has 2 rings (SSSR count). The van der Waals surface area contributed by atoms with E-state index in [1.807, 2.05) is 43.3 Å². The summed E-state index contributed by atoms with van der Waals surface area (Å²) in [7, 11) is 1.61. The van der Waals surface area contributed by atoms with E-state index in [9.17, 15) is 0 Å². The van der Waals surface area contributed by atoms with Gasteiger partial charge in [-0.25, -0.2) is 0 Å². The van der Waals surface area contributed by atoms with Crippen LogP contribution in [0.2, 0.25) is 0 Å². The Bertz CT molecular complexity index is 922. The van der Waals surface area contributed by atoms with E-state index in [0.717, 1.165) is 28.0 Å². The molecule has 0 saturated carbocycles. The minimum atomic E-state index is -0.0355. The zero-order valence-electron chi connectivity index (χ0n) is 16.5. The molecule has 27 heavy (non-hydrogen) atoms. The molecule has 0 spiro atoms. The minimum Gasteiger partial charge on any atom is -0.496 e. The Kier molecular flexibility index (Phi) is 6.27. The Morgan fingerprint density at radius 1 is 1.04 bits per heavy atom. The zero-order valence-corrected chi connectivity index (χ0v) is 16.5. The highest BCUT2D eigenvalue weighted by Crippen LogP contribution is 2.33. The summed E-state index contributed by atoms with van der Waals surface area (Å²) in [5, 5.41) is 17.9. The number of ether oxygens (including phenoxy) is 2. The lowest BCUT2D eigenvalue weighted by atomic mass is 9.86. The van der Waals surface area contributed by atoms with E-state index in [-0.39, 0.29) is 11.0 Å². The Morgan fingerprint density at radius 3 is 2.33 bits per heavy atom. The first kappa shape index (κ1) is 20.1. The van der Waals surface area contributed by atoms with Crippen molar-refractivity contribution < 1.29 is 9.47 Å². The third-order valence-electron chi connectivity index (χ3n) is 4.18. The van der Waals surface area contributed by atoms with E-state index in [2.05, 4.69) is 32.9 Å². The van der Waals surface area contributed by atoms with Crippen LogP contribution in [0.3, 0.4) is 0 Å². The van der Waals surface area contributed by atoms with Crippen LogP contribution < -0.4 is 9.47 Å². The van der Waals surface area contributed by atoms with Gasteiger partial charge in [-0.1, -0.05) is 39.0 Å². The number of benzene rings is 2. The smallest absolute Gasteiger partial charge is 0.130 e. The second-order valence-electron chi connectivity index (χ2n) is 7.39. The standard InChI is InChI=1S/C23H24N2O2/c1-16-6-8-20(23(2,3)4)22(10-16)27-15-19-12-17(7-9-21(19)26-5)11-18(13-24)14-25/h6-12H,15H2,1-5H3. The van der Waals surface area contributed by atoms with Crippen LogP contribution >= 0.6 is 0 Å². The van der Waals surface area contributed by atoms with Gasteiger partial charge in [0.25, 0.3) is 0 Å². The van der Waals surface area contributed by atoms with Gasteiger partial charge in [0.1, 0.15) is 35.8 Å². The van der Waals surface area contributed by atoms with Crippen molar-refractivity contribution in [3.05, 3.63) is 64.2 Å². The first-order valence-corrected chi connectivity index (χ1v) is 8.71. The van der Waals surface area contributed by atoms with Gasteiger partial charge in [-0.2, -0.15) is 10.5 Å². The molecule has 0 aliphatic rings. The van der Waals surface area contributed by atoms with Crippen LogP contribution in [-0.2, 0) is 12.0 Å². The molecule has 0 aliphatic carbocycles. The molecule has 0 saturated heterocycles. The number of allylic oxidation sites excluding steroid dienone is 1. The number of methoxy groups -OCH3 is 1. The molecule has 2 aromatic carbocycles. The van der Waals surface area contributed by atoms with Gasteiger partial charge in [0.05, 0.1) is 7.11 Å². The van der Waals surface area contributed by atoms with E-state index >= 15 is 0 Å². The molecule has 0 atom stereocenters. The molecule has 2 aromatic rings. The van der Waals surface area contributed by atoms with Crippen molar-refractivity contribution in [1.82, 2.24) is 0 Å². The molecule has 0 radical (unpaired) electrons. The molecule has 4 nitrogen and oxygen atoms in total. The van der Waals surface area contributed by atoms with Gasteiger partial charge in [-0.05, 0) is 53.3 Å². The van der Waals surface area contributed by atoms with Crippen LogP contribution in [0.5, 0.6) is 11.5 Å². The molecule has 0 amide bonds. The molecule has 0 N–H and O–H groups in total. The largest absolute Gasteiger partial charge is 0.496 e. The lowest BCUT2D eigenvalue weighted by Crippen LogP contribution is -2.13. The van der Waals surface area contributed by atoms with Crippen LogP contribution in [0, 0.1) is 29.6 Å². The highest BCUT2D eigenvalue weighted by molar-refractivity contribution is 5.63. The SMILES string of the molecule is COc1ccc(C=C(C#N)C#N)cc1COc1cc(C)ccc1C(C)(C)C. The summed E-state index contributed by atoms with van der Waals surface area (Å²) in [5.74, 6) is 1.55. The molecule has 4 heteroatoms. The molecule has 0 fully saturated rings. The fourth-order valence-electron chi connectivity index (χ4n) is 2.78. The Morgan fingerprint density at radius 2 is 1.74 bits per heavy atom. The van der Waals surface area contributed by atoms with E-state index in [1.54, 1.807) is 13.2 Å². The van der Waals surface area contributed by atoms with Gasteiger partial charge in [-0.15, -0.1) is 0 Å². The van der Waals surface area contributed by atoms with Crippen LogP contribution in [0.4, 0.5) is 0 Å². The highest BCUT2D eigenvalue weighted by atomic mass is 16.5.